The first-order valence-electron chi connectivity index (χ1n) is 2.59. The van der Waals surface area contributed by atoms with E-state index in [-0.39, 0.29) is 0 Å². The van der Waals surface area contributed by atoms with Gasteiger partial charge in [-0.25, -0.2) is 0 Å². The quantitative estimate of drug-likeness (QED) is 0.438. The number of hydrogen-bond acceptors (Lipinski definition) is 0. The van der Waals surface area contributed by atoms with Crippen LogP contribution in [-0.2, 0) is 0 Å². The van der Waals surface area contributed by atoms with Gasteiger partial charge in [-0.05, 0) is 18.2 Å². The van der Waals surface area contributed by atoms with Crippen LogP contribution in [0.5, 0.6) is 0 Å². The van der Waals surface area contributed by atoms with Crippen LogP contribution < -0.4 is 0 Å². The van der Waals surface area contributed by atoms with Gasteiger partial charge in [0.15, 0.2) is 0 Å². The van der Waals surface area contributed by atoms with Crippen LogP contribution >= 0.6 is 11.6 Å². The molecular weight excluding hydrogens is 120 g/mol. The normalized spacial score (nSPS) is 25.8. The molecule has 0 aromatic carbocycles. The lowest BCUT2D eigenvalue weighted by atomic mass is 10.1. The third kappa shape index (κ3) is 1.03. The molecule has 0 amide bonds. The van der Waals surface area contributed by atoms with Crippen molar-refractivity contribution in [2.24, 2.45) is 5.92 Å². The number of allylic oxidation sites excluding steroid dienone is 3. The Morgan fingerprint density at radius 3 is 2.88 bits per heavy atom. The predicted octanol–water partition coefficient (Wildman–Crippen LogP) is 2.47. The Bertz CT molecular complexity index is 171. The van der Waals surface area contributed by atoms with E-state index in [0.29, 0.717) is 5.92 Å². The Kier molecular flexibility index (Phi) is 1.57. The van der Waals surface area contributed by atoms with E-state index in [1.807, 2.05) is 25.2 Å². The maximum Gasteiger partial charge on any atom is 0.0259 e. The third-order valence-electron chi connectivity index (χ3n) is 1.12. The van der Waals surface area contributed by atoms with Gasteiger partial charge >= 0.3 is 0 Å². The summed E-state index contributed by atoms with van der Waals surface area (Å²) in [6.45, 7) is 2.04. The molecule has 0 saturated carbocycles. The van der Waals surface area contributed by atoms with Crippen molar-refractivity contribution in [1.82, 2.24) is 0 Å². The maximum atomic E-state index is 5.73. The summed E-state index contributed by atoms with van der Waals surface area (Å²) >= 11 is 5.73. The second-order valence-corrected chi connectivity index (χ2v) is 2.28. The van der Waals surface area contributed by atoms with Crippen LogP contribution in [0.2, 0.25) is 0 Å². The molecule has 0 N–H and O–H groups in total. The van der Waals surface area contributed by atoms with Crippen molar-refractivity contribution < 1.29 is 0 Å². The summed E-state index contributed by atoms with van der Waals surface area (Å²) in [6.07, 6.45) is 5.64. The zero-order valence-electron chi connectivity index (χ0n) is 4.69. The van der Waals surface area contributed by atoms with Gasteiger partial charge in [0.05, 0.1) is 0 Å². The van der Waals surface area contributed by atoms with E-state index in [1.54, 1.807) is 0 Å². The molecule has 1 aliphatic carbocycles. The molecule has 1 heteroatoms. The molecule has 1 unspecified atom stereocenters. The highest BCUT2D eigenvalue weighted by molar-refractivity contribution is 6.30. The molecule has 0 spiro atoms. The van der Waals surface area contributed by atoms with Crippen LogP contribution in [0.3, 0.4) is 0 Å². The zero-order valence-corrected chi connectivity index (χ0v) is 5.44. The van der Waals surface area contributed by atoms with Crippen molar-refractivity contribution in [3.63, 3.8) is 0 Å². The fraction of sp³-hybridized carbons (Fsp3) is 0.286. The summed E-state index contributed by atoms with van der Waals surface area (Å²) in [7, 11) is 0. The summed E-state index contributed by atoms with van der Waals surface area (Å²) in [5.74, 6) is 0.363. The summed E-state index contributed by atoms with van der Waals surface area (Å²) in [6, 6.07) is 0. The molecule has 0 heterocycles. The standard InChI is InChI=1S/C7H7Cl/c1-6-4-2-3-5-7(6)8/h3-6H,1H3. The molecule has 0 fully saturated rings. The fourth-order valence-electron chi connectivity index (χ4n) is 0.559. The SMILES string of the molecule is CC1C=C=CC=C1Cl. The zero-order chi connectivity index (χ0) is 5.98. The molecule has 0 radical (unpaired) electrons. The van der Waals surface area contributed by atoms with Crippen LogP contribution in [0.25, 0.3) is 0 Å². The van der Waals surface area contributed by atoms with Crippen molar-refractivity contribution in [3.8, 4) is 0 Å². The van der Waals surface area contributed by atoms with Crippen LogP contribution in [-0.4, -0.2) is 0 Å². The van der Waals surface area contributed by atoms with E-state index < -0.39 is 0 Å². The first-order valence-corrected chi connectivity index (χ1v) is 2.97. The molecule has 1 rings (SSSR count). The smallest absolute Gasteiger partial charge is 0.0259 e. The Morgan fingerprint density at radius 2 is 2.50 bits per heavy atom. The second-order valence-electron chi connectivity index (χ2n) is 1.84. The lowest BCUT2D eigenvalue weighted by Gasteiger charge is -2.02. The van der Waals surface area contributed by atoms with E-state index in [9.17, 15) is 0 Å². The Labute approximate surface area is 54.2 Å². The molecule has 1 aliphatic rings. The average molecular weight is 127 g/mol. The van der Waals surface area contributed by atoms with Crippen LogP contribution in [0.15, 0.2) is 29.0 Å². The Morgan fingerprint density at radius 1 is 1.75 bits per heavy atom. The molecule has 42 valence electrons. The van der Waals surface area contributed by atoms with E-state index >= 15 is 0 Å². The molecule has 0 aromatic rings. The van der Waals surface area contributed by atoms with Crippen molar-refractivity contribution in [2.75, 3.05) is 0 Å². The highest BCUT2D eigenvalue weighted by Gasteiger charge is 2.00. The molecule has 0 bridgehead atoms. The van der Waals surface area contributed by atoms with E-state index in [2.05, 4.69) is 5.73 Å². The number of halogens is 1. The van der Waals surface area contributed by atoms with Crippen LogP contribution in [0.4, 0.5) is 0 Å². The topological polar surface area (TPSA) is 0 Å². The predicted molar refractivity (Wildman–Crippen MR) is 35.8 cm³/mol. The highest BCUT2D eigenvalue weighted by atomic mass is 35.5. The van der Waals surface area contributed by atoms with Crippen LogP contribution in [0.1, 0.15) is 6.92 Å². The molecule has 0 nitrogen and oxygen atoms in total. The van der Waals surface area contributed by atoms with Crippen LogP contribution in [0, 0.1) is 5.92 Å². The lowest BCUT2D eigenvalue weighted by molar-refractivity contribution is 0.915. The van der Waals surface area contributed by atoms with Crippen molar-refractivity contribution in [3.05, 3.63) is 29.0 Å². The monoisotopic (exact) mass is 126 g/mol. The molecule has 1 atom stereocenters. The van der Waals surface area contributed by atoms with E-state index in [4.69, 9.17) is 11.6 Å². The summed E-state index contributed by atoms with van der Waals surface area (Å²) in [5.41, 5.74) is 2.95. The fourth-order valence-corrected chi connectivity index (χ4v) is 0.685. The van der Waals surface area contributed by atoms with Gasteiger partial charge in [-0.1, -0.05) is 18.5 Å². The lowest BCUT2D eigenvalue weighted by Crippen LogP contribution is -1.88. The van der Waals surface area contributed by atoms with Gasteiger partial charge < -0.3 is 0 Å². The maximum absolute atomic E-state index is 5.73. The molecule has 0 aromatic heterocycles. The van der Waals surface area contributed by atoms with Crippen molar-refractivity contribution in [1.29, 1.82) is 0 Å². The minimum Gasteiger partial charge on any atom is -0.124 e. The highest BCUT2D eigenvalue weighted by Crippen LogP contribution is 2.17. The van der Waals surface area contributed by atoms with Gasteiger partial charge in [0.25, 0.3) is 0 Å². The molecular formula is C7H7Cl. The second kappa shape index (κ2) is 2.21. The average Bonchev–Trinajstić information content (AvgIpc) is 1.77. The van der Waals surface area contributed by atoms with Gasteiger partial charge in [0.1, 0.15) is 0 Å². The first kappa shape index (κ1) is 5.68. The summed E-state index contributed by atoms with van der Waals surface area (Å²) < 4.78 is 0. The van der Waals surface area contributed by atoms with E-state index in [0.717, 1.165) is 5.03 Å². The number of hydrogen-bond donors (Lipinski definition) is 0. The Hall–Kier alpha value is -0.450. The van der Waals surface area contributed by atoms with Crippen molar-refractivity contribution >= 4 is 11.6 Å². The molecule has 0 aliphatic heterocycles. The van der Waals surface area contributed by atoms with Gasteiger partial charge in [-0.15, -0.1) is 5.73 Å². The minimum atomic E-state index is 0.363. The third-order valence-corrected chi connectivity index (χ3v) is 1.59. The molecule has 0 saturated heterocycles. The number of rotatable bonds is 0. The van der Waals surface area contributed by atoms with Gasteiger partial charge in [0, 0.05) is 11.0 Å². The summed E-state index contributed by atoms with van der Waals surface area (Å²) in [5, 5.41) is 0.892. The Balaban J connectivity index is 2.86. The van der Waals surface area contributed by atoms with E-state index in [1.165, 1.54) is 0 Å². The van der Waals surface area contributed by atoms with Crippen molar-refractivity contribution in [2.45, 2.75) is 6.92 Å². The summed E-state index contributed by atoms with van der Waals surface area (Å²) in [4.78, 5) is 0. The first-order chi connectivity index (χ1) is 3.80. The molecule has 8 heavy (non-hydrogen) atoms. The largest absolute Gasteiger partial charge is 0.124 e. The van der Waals surface area contributed by atoms with Gasteiger partial charge in [-0.2, -0.15) is 0 Å². The van der Waals surface area contributed by atoms with Gasteiger partial charge in [-0.3, -0.25) is 0 Å². The van der Waals surface area contributed by atoms with Gasteiger partial charge in [0.2, 0.25) is 0 Å². The minimum absolute atomic E-state index is 0.363.